The van der Waals surface area contributed by atoms with E-state index in [4.69, 9.17) is 24.8 Å². The van der Waals surface area contributed by atoms with Gasteiger partial charge in [-0.15, -0.1) is 0 Å². The van der Waals surface area contributed by atoms with E-state index in [1.807, 2.05) is 30.3 Å². The van der Waals surface area contributed by atoms with E-state index < -0.39 is 0 Å². The Morgan fingerprint density at radius 2 is 2.44 bits per heavy atom. The molecule has 9 heavy (non-hydrogen) atoms. The minimum absolute atomic E-state index is 0.454. The maximum Gasteiger partial charge on any atom is 0.247 e. The highest BCUT2D eigenvalue weighted by Gasteiger charge is 1.93. The summed E-state index contributed by atoms with van der Waals surface area (Å²) in [6.45, 7) is 0. The minimum Gasteiger partial charge on any atom is -0.386 e. The summed E-state index contributed by atoms with van der Waals surface area (Å²) < 4.78 is 4.05. The van der Waals surface area contributed by atoms with Gasteiger partial charge >= 0.3 is 0 Å². The van der Waals surface area contributed by atoms with E-state index in [0.717, 1.165) is 0 Å². The van der Waals surface area contributed by atoms with E-state index in [-0.39, 0.29) is 0 Å². The van der Waals surface area contributed by atoms with Crippen molar-refractivity contribution in [2.24, 2.45) is 7.05 Å². The second kappa shape index (κ2) is 2.41. The quantitative estimate of drug-likeness (QED) is 0.298. The predicted molar refractivity (Wildman–Crippen MR) is 41.0 cm³/mol. The number of imidazole rings is 1. The van der Waals surface area contributed by atoms with E-state index in [0.29, 0.717) is 4.32 Å². The van der Waals surface area contributed by atoms with Gasteiger partial charge in [0.25, 0.3) is 0 Å². The second-order valence-corrected chi connectivity index (χ2v) is 2.78. The highest BCUT2D eigenvalue weighted by Crippen LogP contribution is 1.82. The molecule has 0 bridgehead atoms. The van der Waals surface area contributed by atoms with Crippen LogP contribution in [0.5, 0.6) is 0 Å². The summed E-state index contributed by atoms with van der Waals surface area (Å²) in [6.07, 6.45) is 5.54. The third-order valence-corrected chi connectivity index (χ3v) is 1.40. The van der Waals surface area contributed by atoms with Gasteiger partial charge in [-0.2, -0.15) is 0 Å². The fraction of sp³-hybridized carbons (Fsp3) is 0.200. The molecule has 0 N–H and O–H groups in total. The Bertz CT molecular complexity index is 229. The normalized spacial score (nSPS) is 9.44. The van der Waals surface area contributed by atoms with Crippen molar-refractivity contribution in [1.29, 1.82) is 0 Å². The third kappa shape index (κ3) is 1.46. The van der Waals surface area contributed by atoms with Gasteiger partial charge in [0.15, 0.2) is 0 Å². The lowest BCUT2D eigenvalue weighted by Crippen LogP contribution is -2.24. The predicted octanol–water partition coefficient (Wildman–Crippen LogP) is -0.00750. The van der Waals surface area contributed by atoms with Gasteiger partial charge in [0.1, 0.15) is 12.4 Å². The summed E-state index contributed by atoms with van der Waals surface area (Å²) in [7, 11) is 1.92. The zero-order valence-electron chi connectivity index (χ0n) is 4.94. The number of aryl methyl sites for hydroxylation is 1. The molecule has 0 unspecified atom stereocenters. The Balaban J connectivity index is 2.98. The third-order valence-electron chi connectivity index (χ3n) is 0.980. The molecule has 2 nitrogen and oxygen atoms in total. The van der Waals surface area contributed by atoms with E-state index in [9.17, 15) is 0 Å². The maximum absolute atomic E-state index is 4.74. The van der Waals surface area contributed by atoms with Crippen molar-refractivity contribution in [3.63, 3.8) is 0 Å². The molecule has 4 heteroatoms. The average Bonchev–Trinajstić information content (AvgIpc) is 2.14. The fourth-order valence-electron chi connectivity index (χ4n) is 0.558. The van der Waals surface area contributed by atoms with Gasteiger partial charge in [0.05, 0.1) is 7.05 Å². The molecule has 1 aromatic heterocycles. The minimum atomic E-state index is 0.454. The Labute approximate surface area is 64.5 Å². The van der Waals surface area contributed by atoms with Crippen LogP contribution in [0.4, 0.5) is 0 Å². The molecular weight excluding hydrogens is 152 g/mol. The summed E-state index contributed by atoms with van der Waals surface area (Å²) in [5.41, 5.74) is 0. The van der Waals surface area contributed by atoms with Crippen LogP contribution in [0.1, 0.15) is 0 Å². The summed E-state index contributed by atoms with van der Waals surface area (Å²) in [5.74, 6) is 0. The molecule has 1 heterocycles. The molecule has 0 aromatic carbocycles. The van der Waals surface area contributed by atoms with Crippen LogP contribution in [0.25, 0.3) is 0 Å². The molecule has 0 fully saturated rings. The first kappa shape index (κ1) is 6.64. The van der Waals surface area contributed by atoms with Crippen molar-refractivity contribution in [2.75, 3.05) is 0 Å². The van der Waals surface area contributed by atoms with Gasteiger partial charge < -0.3 is 24.8 Å². The van der Waals surface area contributed by atoms with Gasteiger partial charge in [-0.1, -0.05) is 0 Å². The molecule has 0 amide bonds. The van der Waals surface area contributed by atoms with E-state index in [1.54, 1.807) is 4.57 Å². The highest BCUT2D eigenvalue weighted by molar-refractivity contribution is 8.00. The van der Waals surface area contributed by atoms with Crippen LogP contribution in [0.3, 0.4) is 0 Å². The number of hydrogen-bond donors (Lipinski definition) is 0. The molecule has 48 valence electrons. The topological polar surface area (TPSA) is 8.81 Å². The standard InChI is InChI=1S/C5H6N2S2/c1-6-2-3-7(4-6)5(8)9/h2-4H,1H3. The first-order valence-corrected chi connectivity index (χ1v) is 3.26. The SMILES string of the molecule is C[n+]1ccn(C(=S)[S-])c1. The van der Waals surface area contributed by atoms with Crippen LogP contribution < -0.4 is 4.57 Å². The van der Waals surface area contributed by atoms with Gasteiger partial charge in [-0.05, 0) is 0 Å². The van der Waals surface area contributed by atoms with Gasteiger partial charge in [0, 0.05) is 4.32 Å². The zero-order valence-corrected chi connectivity index (χ0v) is 6.58. The molecule has 0 saturated heterocycles. The lowest BCUT2D eigenvalue weighted by atomic mass is 10.9. The Hall–Kier alpha value is -0.480. The molecule has 0 saturated carbocycles. The highest BCUT2D eigenvalue weighted by atomic mass is 32.1. The smallest absolute Gasteiger partial charge is 0.247 e. The largest absolute Gasteiger partial charge is 0.386 e. The lowest BCUT2D eigenvalue weighted by Gasteiger charge is -1.94. The number of thiocarbonyl (C=S) groups is 1. The zero-order chi connectivity index (χ0) is 6.85. The van der Waals surface area contributed by atoms with Crippen LogP contribution in [0.15, 0.2) is 18.7 Å². The number of hydrogen-bond acceptors (Lipinski definition) is 2. The molecule has 0 atom stereocenters. The summed E-state index contributed by atoms with van der Waals surface area (Å²) in [4.78, 5) is 0. The molecule has 0 aliphatic rings. The molecule has 1 aromatic rings. The Morgan fingerprint density at radius 1 is 1.78 bits per heavy atom. The molecule has 1 rings (SSSR count). The Kier molecular flexibility index (Phi) is 1.78. The van der Waals surface area contributed by atoms with Crippen LogP contribution in [0, 0.1) is 0 Å². The van der Waals surface area contributed by atoms with Gasteiger partial charge in [-0.3, -0.25) is 0 Å². The van der Waals surface area contributed by atoms with Crippen LogP contribution in [-0.2, 0) is 19.7 Å². The van der Waals surface area contributed by atoms with E-state index in [2.05, 4.69) is 0 Å². The second-order valence-electron chi connectivity index (χ2n) is 1.75. The van der Waals surface area contributed by atoms with Gasteiger partial charge in [-0.25, -0.2) is 9.13 Å². The van der Waals surface area contributed by atoms with Crippen molar-refractivity contribution < 1.29 is 4.57 Å². The maximum atomic E-state index is 4.74. The molecule has 0 aliphatic carbocycles. The summed E-state index contributed by atoms with van der Waals surface area (Å²) in [6, 6.07) is 0. The number of rotatable bonds is 0. The van der Waals surface area contributed by atoms with Crippen LogP contribution in [-0.4, -0.2) is 8.89 Å². The Morgan fingerprint density at radius 3 is 2.67 bits per heavy atom. The first-order chi connectivity index (χ1) is 4.20. The van der Waals surface area contributed by atoms with Crippen LogP contribution >= 0.6 is 12.2 Å². The van der Waals surface area contributed by atoms with E-state index in [1.165, 1.54) is 0 Å². The molecule has 0 radical (unpaired) electrons. The average molecular weight is 158 g/mol. The lowest BCUT2D eigenvalue weighted by molar-refractivity contribution is -0.670. The summed E-state index contributed by atoms with van der Waals surface area (Å²) >= 11 is 9.48. The van der Waals surface area contributed by atoms with Crippen molar-refractivity contribution in [3.8, 4) is 0 Å². The number of aromatic nitrogens is 2. The molecular formula is C5H6N2S2. The van der Waals surface area contributed by atoms with Crippen molar-refractivity contribution in [1.82, 2.24) is 4.57 Å². The van der Waals surface area contributed by atoms with Crippen molar-refractivity contribution >= 4 is 29.2 Å². The molecule has 0 aliphatic heterocycles. The monoisotopic (exact) mass is 158 g/mol. The van der Waals surface area contributed by atoms with E-state index >= 15 is 0 Å². The van der Waals surface area contributed by atoms with Crippen molar-refractivity contribution in [3.05, 3.63) is 18.7 Å². The van der Waals surface area contributed by atoms with Crippen LogP contribution in [0.2, 0.25) is 0 Å². The summed E-state index contributed by atoms with van der Waals surface area (Å²) in [5, 5.41) is 0. The number of nitrogens with zero attached hydrogens (tertiary/aromatic N) is 2. The fourth-order valence-corrected chi connectivity index (χ4v) is 0.774. The van der Waals surface area contributed by atoms with Gasteiger partial charge in [0.2, 0.25) is 6.33 Å². The van der Waals surface area contributed by atoms with Crippen molar-refractivity contribution in [2.45, 2.75) is 0 Å². The first-order valence-electron chi connectivity index (χ1n) is 2.45. The molecule has 0 spiro atoms.